The Labute approximate surface area is 145 Å². The first-order valence-corrected chi connectivity index (χ1v) is 8.13. The van der Waals surface area contributed by atoms with Gasteiger partial charge >= 0.3 is 6.03 Å². The molecule has 1 N–H and O–H groups in total. The van der Waals surface area contributed by atoms with Gasteiger partial charge in [0.1, 0.15) is 11.6 Å². The summed E-state index contributed by atoms with van der Waals surface area (Å²) >= 11 is 5.76. The van der Waals surface area contributed by atoms with Gasteiger partial charge in [0.2, 0.25) is 0 Å². The van der Waals surface area contributed by atoms with Crippen LogP contribution < -0.4 is 10.1 Å². The van der Waals surface area contributed by atoms with Gasteiger partial charge in [0.05, 0.1) is 18.2 Å². The van der Waals surface area contributed by atoms with Crippen LogP contribution in [0.5, 0.6) is 5.75 Å². The van der Waals surface area contributed by atoms with Crippen molar-refractivity contribution in [1.82, 2.24) is 4.90 Å². The summed E-state index contributed by atoms with van der Waals surface area (Å²) in [5.74, 6) is 0.278. The predicted molar refractivity (Wildman–Crippen MR) is 92.1 cm³/mol. The highest BCUT2D eigenvalue weighted by Gasteiger charge is 2.30. The van der Waals surface area contributed by atoms with Crippen molar-refractivity contribution < 1.29 is 13.9 Å². The van der Waals surface area contributed by atoms with Crippen LogP contribution in [0.3, 0.4) is 0 Å². The van der Waals surface area contributed by atoms with Crippen molar-refractivity contribution in [3.8, 4) is 5.75 Å². The minimum atomic E-state index is -0.507. The Morgan fingerprint density at radius 3 is 2.71 bits per heavy atom. The van der Waals surface area contributed by atoms with Gasteiger partial charge in [-0.3, -0.25) is 0 Å². The number of nitrogens with zero attached hydrogens (tertiary/aromatic N) is 1. The molecule has 4 nitrogen and oxygen atoms in total. The first kappa shape index (κ1) is 16.6. The lowest BCUT2D eigenvalue weighted by atomic mass is 10.0. The fourth-order valence-corrected chi connectivity index (χ4v) is 3.13. The number of likely N-dealkylation sites (tertiary alicyclic amines) is 1. The largest absolute Gasteiger partial charge is 0.497 e. The molecule has 1 aliphatic rings. The number of carbonyl (C=O) groups excluding carboxylic acids is 1. The molecule has 6 heteroatoms. The molecule has 0 aromatic heterocycles. The van der Waals surface area contributed by atoms with Crippen LogP contribution in [-0.2, 0) is 0 Å². The summed E-state index contributed by atoms with van der Waals surface area (Å²) in [6, 6.07) is 11.7. The predicted octanol–water partition coefficient (Wildman–Crippen LogP) is 4.86. The van der Waals surface area contributed by atoms with Crippen molar-refractivity contribution in [2.45, 2.75) is 18.9 Å². The summed E-state index contributed by atoms with van der Waals surface area (Å²) in [7, 11) is 1.62. The minimum Gasteiger partial charge on any atom is -0.497 e. The molecule has 1 saturated heterocycles. The maximum atomic E-state index is 13.2. The summed E-state index contributed by atoms with van der Waals surface area (Å²) in [6.45, 7) is 0.678. The lowest BCUT2D eigenvalue weighted by molar-refractivity contribution is 0.207. The molecule has 0 saturated carbocycles. The molecule has 126 valence electrons. The number of methoxy groups -OCH3 is 1. The van der Waals surface area contributed by atoms with E-state index >= 15 is 0 Å². The quantitative estimate of drug-likeness (QED) is 0.860. The molecule has 0 radical (unpaired) electrons. The van der Waals surface area contributed by atoms with Gasteiger partial charge in [-0.25, -0.2) is 9.18 Å². The Kier molecular flexibility index (Phi) is 4.90. The minimum absolute atomic E-state index is 0.0130. The van der Waals surface area contributed by atoms with Crippen molar-refractivity contribution in [3.63, 3.8) is 0 Å². The average Bonchev–Trinajstić information content (AvgIpc) is 3.08. The normalized spacial score (nSPS) is 17.0. The summed E-state index contributed by atoms with van der Waals surface area (Å²) in [4.78, 5) is 14.4. The van der Waals surface area contributed by atoms with E-state index in [4.69, 9.17) is 16.3 Å². The average molecular weight is 349 g/mol. The molecular weight excluding hydrogens is 331 g/mol. The molecule has 1 unspecified atom stereocenters. The van der Waals surface area contributed by atoms with Gasteiger partial charge in [-0.15, -0.1) is 0 Å². The van der Waals surface area contributed by atoms with E-state index in [-0.39, 0.29) is 17.1 Å². The number of anilines is 1. The highest BCUT2D eigenvalue weighted by Crippen LogP contribution is 2.33. The monoisotopic (exact) mass is 348 g/mol. The highest BCUT2D eigenvalue weighted by molar-refractivity contribution is 6.31. The van der Waals surface area contributed by atoms with E-state index in [1.165, 1.54) is 18.2 Å². The molecule has 2 aromatic rings. The molecule has 0 bridgehead atoms. The van der Waals surface area contributed by atoms with Crippen LogP contribution in [-0.4, -0.2) is 24.6 Å². The van der Waals surface area contributed by atoms with E-state index in [9.17, 15) is 9.18 Å². The summed E-state index contributed by atoms with van der Waals surface area (Å²) in [5.41, 5.74) is 1.55. The van der Waals surface area contributed by atoms with E-state index in [2.05, 4.69) is 5.32 Å². The Hall–Kier alpha value is -2.27. The van der Waals surface area contributed by atoms with Crippen molar-refractivity contribution in [1.29, 1.82) is 0 Å². The van der Waals surface area contributed by atoms with Crippen molar-refractivity contribution in [3.05, 3.63) is 58.9 Å². The molecule has 0 aliphatic carbocycles. The summed E-state index contributed by atoms with van der Waals surface area (Å²) in [5, 5.41) is 2.77. The standard InChI is InChI=1S/C18H18ClFN2O2/c1-24-14-7-4-12(5-8-14)17-3-2-10-22(17)18(23)21-13-6-9-16(20)15(19)11-13/h4-9,11,17H,2-3,10H2,1H3,(H,21,23). The van der Waals surface area contributed by atoms with Gasteiger partial charge < -0.3 is 15.0 Å². The number of benzene rings is 2. The molecule has 1 aliphatic heterocycles. The number of halogens is 2. The second-order valence-electron chi connectivity index (χ2n) is 5.68. The number of carbonyl (C=O) groups is 1. The van der Waals surface area contributed by atoms with Crippen LogP contribution in [0.4, 0.5) is 14.9 Å². The summed E-state index contributed by atoms with van der Waals surface area (Å²) < 4.78 is 18.4. The topological polar surface area (TPSA) is 41.6 Å². The number of rotatable bonds is 3. The van der Waals surface area contributed by atoms with Gasteiger partial charge in [-0.2, -0.15) is 0 Å². The Bertz CT molecular complexity index is 736. The van der Waals surface area contributed by atoms with E-state index in [1.807, 2.05) is 24.3 Å². The molecular formula is C18H18ClFN2O2. The number of nitrogens with one attached hydrogen (secondary N) is 1. The van der Waals surface area contributed by atoms with Crippen molar-refractivity contribution in [2.24, 2.45) is 0 Å². The van der Waals surface area contributed by atoms with Crippen molar-refractivity contribution in [2.75, 3.05) is 19.0 Å². The van der Waals surface area contributed by atoms with Crippen LogP contribution >= 0.6 is 11.6 Å². The fourth-order valence-electron chi connectivity index (χ4n) is 2.95. The smallest absolute Gasteiger partial charge is 0.322 e. The zero-order chi connectivity index (χ0) is 17.1. The molecule has 2 aromatic carbocycles. The summed E-state index contributed by atoms with van der Waals surface area (Å²) in [6.07, 6.45) is 1.85. The van der Waals surface area contributed by atoms with Crippen LogP contribution in [0.2, 0.25) is 5.02 Å². The van der Waals surface area contributed by atoms with Gasteiger partial charge in [0.15, 0.2) is 0 Å². The molecule has 1 heterocycles. The third kappa shape index (κ3) is 3.46. The SMILES string of the molecule is COc1ccc(C2CCCN2C(=O)Nc2ccc(F)c(Cl)c2)cc1. The zero-order valence-electron chi connectivity index (χ0n) is 13.3. The Morgan fingerprint density at radius 2 is 2.04 bits per heavy atom. The second-order valence-corrected chi connectivity index (χ2v) is 6.09. The molecule has 0 spiro atoms. The number of ether oxygens (including phenoxy) is 1. The van der Waals surface area contributed by atoms with Crippen LogP contribution in [0.15, 0.2) is 42.5 Å². The van der Waals surface area contributed by atoms with Crippen LogP contribution in [0, 0.1) is 5.82 Å². The molecule has 1 atom stereocenters. The first-order chi connectivity index (χ1) is 11.6. The van der Waals surface area contributed by atoms with Crippen LogP contribution in [0.25, 0.3) is 0 Å². The van der Waals surface area contributed by atoms with Gasteiger partial charge in [0, 0.05) is 12.2 Å². The third-order valence-corrected chi connectivity index (χ3v) is 4.47. The number of urea groups is 1. The van der Waals surface area contributed by atoms with E-state index in [1.54, 1.807) is 12.0 Å². The van der Waals surface area contributed by atoms with Gasteiger partial charge in [-0.05, 0) is 48.7 Å². The Morgan fingerprint density at radius 1 is 1.29 bits per heavy atom. The fraction of sp³-hybridized carbons (Fsp3) is 0.278. The Balaban J connectivity index is 1.74. The molecule has 2 amide bonds. The van der Waals surface area contributed by atoms with Crippen LogP contribution in [0.1, 0.15) is 24.4 Å². The lowest BCUT2D eigenvalue weighted by Crippen LogP contribution is -2.34. The van der Waals surface area contributed by atoms with E-state index < -0.39 is 5.82 Å². The van der Waals surface area contributed by atoms with Gasteiger partial charge in [0.25, 0.3) is 0 Å². The maximum Gasteiger partial charge on any atom is 0.322 e. The lowest BCUT2D eigenvalue weighted by Gasteiger charge is -2.25. The third-order valence-electron chi connectivity index (χ3n) is 4.19. The second kappa shape index (κ2) is 7.09. The zero-order valence-corrected chi connectivity index (χ0v) is 14.0. The number of amides is 2. The van der Waals surface area contributed by atoms with E-state index in [0.717, 1.165) is 24.2 Å². The first-order valence-electron chi connectivity index (χ1n) is 7.75. The molecule has 1 fully saturated rings. The highest BCUT2D eigenvalue weighted by atomic mass is 35.5. The maximum absolute atomic E-state index is 13.2. The van der Waals surface area contributed by atoms with Crippen molar-refractivity contribution >= 4 is 23.3 Å². The molecule has 24 heavy (non-hydrogen) atoms. The number of hydrogen-bond donors (Lipinski definition) is 1. The van der Waals surface area contributed by atoms with E-state index in [0.29, 0.717) is 12.2 Å². The molecule has 3 rings (SSSR count). The van der Waals surface area contributed by atoms with Gasteiger partial charge in [-0.1, -0.05) is 23.7 Å². The number of hydrogen-bond acceptors (Lipinski definition) is 2.